The zero-order valence-corrected chi connectivity index (χ0v) is 11.2. The highest BCUT2D eigenvalue weighted by atomic mass is 79.9. The van der Waals surface area contributed by atoms with Crippen LogP contribution in [0.15, 0.2) is 15.9 Å². The van der Waals surface area contributed by atoms with Crippen LogP contribution in [0.2, 0.25) is 0 Å². The summed E-state index contributed by atoms with van der Waals surface area (Å²) in [5.41, 5.74) is 0. The first-order chi connectivity index (χ1) is 7.66. The third-order valence-corrected chi connectivity index (χ3v) is 4.47. The molecule has 1 heterocycles. The Morgan fingerprint density at radius 1 is 1.44 bits per heavy atom. The first-order valence-electron chi connectivity index (χ1n) is 5.41. The Kier molecular flexibility index (Phi) is 4.00. The predicted molar refractivity (Wildman–Crippen MR) is 67.7 cm³/mol. The van der Waals surface area contributed by atoms with Crippen molar-refractivity contribution in [1.29, 1.82) is 0 Å². The largest absolute Gasteiger partial charge is 0.391 e. The first-order valence-corrected chi connectivity index (χ1v) is 7.02. The van der Waals surface area contributed by atoms with Crippen LogP contribution in [0.3, 0.4) is 0 Å². The number of carbonyl (C=O) groups is 1. The van der Waals surface area contributed by atoms with E-state index in [1.165, 1.54) is 11.3 Å². The maximum absolute atomic E-state index is 11.8. The summed E-state index contributed by atoms with van der Waals surface area (Å²) >= 11 is 4.74. The van der Waals surface area contributed by atoms with Gasteiger partial charge in [-0.2, -0.15) is 0 Å². The van der Waals surface area contributed by atoms with Gasteiger partial charge in [0.2, 0.25) is 0 Å². The molecular formula is C11H14BrNO2S. The molecule has 5 heteroatoms. The smallest absolute Gasteiger partial charge is 0.261 e. The quantitative estimate of drug-likeness (QED) is 0.882. The number of hydrogen-bond donors (Lipinski definition) is 2. The zero-order valence-electron chi connectivity index (χ0n) is 8.78. The number of amides is 1. The maximum atomic E-state index is 11.8. The van der Waals surface area contributed by atoms with Crippen molar-refractivity contribution in [2.45, 2.75) is 37.8 Å². The summed E-state index contributed by atoms with van der Waals surface area (Å²) in [4.78, 5) is 12.5. The molecule has 3 nitrogen and oxygen atoms in total. The summed E-state index contributed by atoms with van der Waals surface area (Å²) in [7, 11) is 0. The molecule has 1 aromatic rings. The van der Waals surface area contributed by atoms with Gasteiger partial charge in [0.05, 0.1) is 20.8 Å². The van der Waals surface area contributed by atoms with E-state index in [0.717, 1.165) is 29.5 Å². The molecule has 1 aliphatic carbocycles. The van der Waals surface area contributed by atoms with Crippen molar-refractivity contribution in [3.05, 3.63) is 20.8 Å². The highest BCUT2D eigenvalue weighted by Gasteiger charge is 2.25. The second-order valence-corrected chi connectivity index (χ2v) is 6.50. The molecular weight excluding hydrogens is 290 g/mol. The summed E-state index contributed by atoms with van der Waals surface area (Å²) in [6, 6.07) is 3.57. The number of halogens is 1. The molecule has 1 aromatic heterocycles. The van der Waals surface area contributed by atoms with E-state index in [0.29, 0.717) is 4.88 Å². The van der Waals surface area contributed by atoms with E-state index >= 15 is 0 Å². The van der Waals surface area contributed by atoms with Crippen molar-refractivity contribution in [2.75, 3.05) is 0 Å². The van der Waals surface area contributed by atoms with Crippen molar-refractivity contribution in [3.63, 3.8) is 0 Å². The Labute approximate surface area is 107 Å². The topological polar surface area (TPSA) is 49.3 Å². The first kappa shape index (κ1) is 12.1. The van der Waals surface area contributed by atoms with Gasteiger partial charge in [0.15, 0.2) is 0 Å². The Balaban J connectivity index is 1.96. The van der Waals surface area contributed by atoms with E-state index < -0.39 is 0 Å². The Hall–Kier alpha value is -0.390. The van der Waals surface area contributed by atoms with Gasteiger partial charge in [0, 0.05) is 0 Å². The minimum atomic E-state index is -0.388. The van der Waals surface area contributed by atoms with E-state index in [1.807, 2.05) is 6.07 Å². The second kappa shape index (κ2) is 5.29. The number of aliphatic hydroxyl groups excluding tert-OH is 1. The van der Waals surface area contributed by atoms with Crippen molar-refractivity contribution in [2.24, 2.45) is 0 Å². The molecule has 1 fully saturated rings. The maximum Gasteiger partial charge on any atom is 0.261 e. The van der Waals surface area contributed by atoms with Crippen molar-refractivity contribution in [3.8, 4) is 0 Å². The second-order valence-electron chi connectivity index (χ2n) is 4.04. The van der Waals surface area contributed by atoms with E-state index in [4.69, 9.17) is 0 Å². The van der Waals surface area contributed by atoms with Crippen LogP contribution in [0.1, 0.15) is 35.4 Å². The average molecular weight is 304 g/mol. The van der Waals surface area contributed by atoms with Crippen LogP contribution in [-0.2, 0) is 0 Å². The minimum absolute atomic E-state index is 0.0814. The molecule has 2 N–H and O–H groups in total. The van der Waals surface area contributed by atoms with Gasteiger partial charge in [-0.3, -0.25) is 4.79 Å². The van der Waals surface area contributed by atoms with Gasteiger partial charge in [0.25, 0.3) is 5.91 Å². The van der Waals surface area contributed by atoms with Gasteiger partial charge in [-0.15, -0.1) is 11.3 Å². The summed E-state index contributed by atoms with van der Waals surface area (Å²) in [6.45, 7) is 0. The van der Waals surface area contributed by atoms with Crippen molar-refractivity contribution >= 4 is 33.2 Å². The fourth-order valence-corrected chi connectivity index (χ4v) is 3.24. The molecule has 0 aromatic carbocycles. The number of rotatable bonds is 2. The Morgan fingerprint density at radius 2 is 2.19 bits per heavy atom. The number of hydrogen-bond acceptors (Lipinski definition) is 3. The Morgan fingerprint density at radius 3 is 2.81 bits per heavy atom. The Bertz CT molecular complexity index is 380. The van der Waals surface area contributed by atoms with Gasteiger partial charge in [0.1, 0.15) is 0 Å². The van der Waals surface area contributed by atoms with E-state index in [1.54, 1.807) is 6.07 Å². The van der Waals surface area contributed by atoms with Gasteiger partial charge >= 0.3 is 0 Å². The highest BCUT2D eigenvalue weighted by molar-refractivity contribution is 9.11. The van der Waals surface area contributed by atoms with Crippen LogP contribution in [0, 0.1) is 0 Å². The molecule has 88 valence electrons. The normalized spacial score (nSPS) is 25.4. The SMILES string of the molecule is O=C(N[C@@H]1CCCC[C@H]1O)c1ccc(Br)s1. The molecule has 0 saturated heterocycles. The fourth-order valence-electron chi connectivity index (χ4n) is 1.96. The van der Waals surface area contributed by atoms with Crippen LogP contribution >= 0.6 is 27.3 Å². The molecule has 1 amide bonds. The lowest BCUT2D eigenvalue weighted by atomic mass is 9.92. The highest BCUT2D eigenvalue weighted by Crippen LogP contribution is 2.23. The van der Waals surface area contributed by atoms with Crippen LogP contribution < -0.4 is 5.32 Å². The van der Waals surface area contributed by atoms with Gasteiger partial charge in [-0.25, -0.2) is 0 Å². The monoisotopic (exact) mass is 303 g/mol. The summed E-state index contributed by atoms with van der Waals surface area (Å²) < 4.78 is 0.946. The lowest BCUT2D eigenvalue weighted by Crippen LogP contribution is -2.44. The lowest BCUT2D eigenvalue weighted by molar-refractivity contribution is 0.0720. The number of thiophene rings is 1. The minimum Gasteiger partial charge on any atom is -0.391 e. The molecule has 0 aliphatic heterocycles. The lowest BCUT2D eigenvalue weighted by Gasteiger charge is -2.28. The van der Waals surface area contributed by atoms with Gasteiger partial charge < -0.3 is 10.4 Å². The van der Waals surface area contributed by atoms with E-state index in [-0.39, 0.29) is 18.1 Å². The standard InChI is InChI=1S/C11H14BrNO2S/c12-10-6-5-9(16-10)11(15)13-7-3-1-2-4-8(7)14/h5-8,14H,1-4H2,(H,13,15)/t7-,8-/m1/s1. The molecule has 1 aliphatic rings. The number of aliphatic hydroxyl groups is 1. The molecule has 2 atom stereocenters. The van der Waals surface area contributed by atoms with Crippen LogP contribution in [0.4, 0.5) is 0 Å². The summed E-state index contributed by atoms with van der Waals surface area (Å²) in [5, 5.41) is 12.6. The molecule has 0 radical (unpaired) electrons. The molecule has 16 heavy (non-hydrogen) atoms. The average Bonchev–Trinajstić information content (AvgIpc) is 2.68. The summed E-state index contributed by atoms with van der Waals surface area (Å²) in [5.74, 6) is -0.0818. The van der Waals surface area contributed by atoms with Crippen LogP contribution in [0.25, 0.3) is 0 Å². The van der Waals surface area contributed by atoms with Gasteiger partial charge in [-0.1, -0.05) is 12.8 Å². The van der Waals surface area contributed by atoms with Gasteiger partial charge in [-0.05, 0) is 40.9 Å². The molecule has 0 unspecified atom stereocenters. The third kappa shape index (κ3) is 2.84. The van der Waals surface area contributed by atoms with Crippen LogP contribution in [0.5, 0.6) is 0 Å². The molecule has 0 spiro atoms. The molecule has 0 bridgehead atoms. The van der Waals surface area contributed by atoms with E-state index in [9.17, 15) is 9.90 Å². The third-order valence-electron chi connectivity index (χ3n) is 2.84. The fraction of sp³-hybridized carbons (Fsp3) is 0.545. The van der Waals surface area contributed by atoms with Crippen molar-refractivity contribution in [1.82, 2.24) is 5.32 Å². The van der Waals surface area contributed by atoms with E-state index in [2.05, 4.69) is 21.2 Å². The number of carbonyl (C=O) groups excluding carboxylic acids is 1. The zero-order chi connectivity index (χ0) is 11.5. The molecule has 1 saturated carbocycles. The molecule has 2 rings (SSSR count). The van der Waals surface area contributed by atoms with Crippen molar-refractivity contribution < 1.29 is 9.90 Å². The number of nitrogens with one attached hydrogen (secondary N) is 1. The summed E-state index contributed by atoms with van der Waals surface area (Å²) in [6.07, 6.45) is 3.41. The van der Waals surface area contributed by atoms with Crippen LogP contribution in [-0.4, -0.2) is 23.2 Å². The predicted octanol–water partition coefficient (Wildman–Crippen LogP) is 2.54.